The third-order valence-electron chi connectivity index (χ3n) is 0.134. The van der Waals surface area contributed by atoms with Gasteiger partial charge in [-0.3, -0.25) is 0 Å². The van der Waals surface area contributed by atoms with Crippen molar-refractivity contribution in [3.05, 3.63) is 6.92 Å². The molecule has 1 radical (unpaired) electrons. The molecule has 0 amide bonds. The molecule has 0 aromatic carbocycles. The maximum atomic E-state index is 3.56. The fourth-order valence-corrected chi connectivity index (χ4v) is 0. The van der Waals surface area contributed by atoms with Crippen molar-refractivity contribution in [1.82, 2.24) is 0 Å². The summed E-state index contributed by atoms with van der Waals surface area (Å²) in [7, 11) is 0. The number of alkyl halides is 1. The average Bonchev–Trinajstić information content (AvgIpc) is 1.37. The van der Waals surface area contributed by atoms with Crippen molar-refractivity contribution in [2.75, 3.05) is 5.33 Å². The van der Waals surface area contributed by atoms with Crippen molar-refractivity contribution in [2.24, 2.45) is 0 Å². The van der Waals surface area contributed by atoms with E-state index in [2.05, 4.69) is 22.9 Å². The number of hydrogen-bond acceptors (Lipinski definition) is 0. The highest BCUT2D eigenvalue weighted by molar-refractivity contribution is 9.09. The van der Waals surface area contributed by atoms with E-state index in [1.807, 2.05) is 0 Å². The minimum atomic E-state index is 0.986. The molecule has 0 fully saturated rings. The monoisotopic (exact) mass is 121 g/mol. The summed E-state index contributed by atoms with van der Waals surface area (Å²) >= 11 is 3.19. The SMILES string of the molecule is [CH2]CCBr. The zero-order valence-electron chi connectivity index (χ0n) is 2.50. The van der Waals surface area contributed by atoms with E-state index in [0.29, 0.717) is 0 Å². The van der Waals surface area contributed by atoms with Crippen LogP contribution in [0.3, 0.4) is 0 Å². The lowest BCUT2D eigenvalue weighted by atomic mass is 10.6. The van der Waals surface area contributed by atoms with Crippen LogP contribution >= 0.6 is 15.9 Å². The number of rotatable bonds is 1. The van der Waals surface area contributed by atoms with Gasteiger partial charge in [-0.15, -0.1) is 0 Å². The molecule has 0 aromatic heterocycles. The third-order valence-corrected chi connectivity index (χ3v) is 0.694. The topological polar surface area (TPSA) is 0 Å². The van der Waals surface area contributed by atoms with E-state index < -0.39 is 0 Å². The van der Waals surface area contributed by atoms with Gasteiger partial charge in [-0.25, -0.2) is 0 Å². The van der Waals surface area contributed by atoms with E-state index in [0.717, 1.165) is 11.8 Å². The average molecular weight is 122 g/mol. The van der Waals surface area contributed by atoms with Gasteiger partial charge in [0.1, 0.15) is 0 Å². The second-order valence-electron chi connectivity index (χ2n) is 0.543. The summed E-state index contributed by atoms with van der Waals surface area (Å²) in [5, 5.41) is 1.02. The first-order chi connectivity index (χ1) is 1.91. The lowest BCUT2D eigenvalue weighted by molar-refractivity contribution is 1.26. The molecular formula is C3H6Br. The van der Waals surface area contributed by atoms with Gasteiger partial charge in [-0.2, -0.15) is 0 Å². The van der Waals surface area contributed by atoms with Gasteiger partial charge in [0.05, 0.1) is 0 Å². The molecule has 0 aliphatic heterocycles. The van der Waals surface area contributed by atoms with Crippen molar-refractivity contribution in [2.45, 2.75) is 6.42 Å². The van der Waals surface area contributed by atoms with Crippen LogP contribution in [-0.4, -0.2) is 5.33 Å². The number of hydrogen-bond donors (Lipinski definition) is 0. The molecule has 0 aliphatic carbocycles. The van der Waals surface area contributed by atoms with E-state index in [1.165, 1.54) is 0 Å². The second kappa shape index (κ2) is 3.48. The summed E-state index contributed by atoms with van der Waals surface area (Å²) in [5.74, 6) is 0. The Morgan fingerprint density at radius 2 is 2.00 bits per heavy atom. The molecule has 0 N–H and O–H groups in total. The second-order valence-corrected chi connectivity index (χ2v) is 1.34. The molecule has 0 bridgehead atoms. The summed E-state index contributed by atoms with van der Waals surface area (Å²) in [6, 6.07) is 0. The van der Waals surface area contributed by atoms with Gasteiger partial charge >= 0.3 is 0 Å². The summed E-state index contributed by atoms with van der Waals surface area (Å²) in [4.78, 5) is 0. The highest BCUT2D eigenvalue weighted by atomic mass is 79.9. The maximum absolute atomic E-state index is 3.56. The molecule has 0 unspecified atom stereocenters. The van der Waals surface area contributed by atoms with Crippen LogP contribution in [0.2, 0.25) is 0 Å². The molecule has 1 heteroatoms. The molecular weight excluding hydrogens is 116 g/mol. The van der Waals surface area contributed by atoms with Gasteiger partial charge in [-0.05, 0) is 6.42 Å². The Morgan fingerprint density at radius 3 is 2.00 bits per heavy atom. The van der Waals surface area contributed by atoms with Gasteiger partial charge in [0.2, 0.25) is 0 Å². The van der Waals surface area contributed by atoms with Crippen LogP contribution in [0, 0.1) is 6.92 Å². The highest BCUT2D eigenvalue weighted by Gasteiger charge is 1.58. The van der Waals surface area contributed by atoms with Crippen LogP contribution in [-0.2, 0) is 0 Å². The molecule has 0 heterocycles. The van der Waals surface area contributed by atoms with Crippen LogP contribution < -0.4 is 0 Å². The van der Waals surface area contributed by atoms with Crippen LogP contribution in [0.5, 0.6) is 0 Å². The van der Waals surface area contributed by atoms with E-state index in [4.69, 9.17) is 0 Å². The summed E-state index contributed by atoms with van der Waals surface area (Å²) < 4.78 is 0. The summed E-state index contributed by atoms with van der Waals surface area (Å²) in [5.41, 5.74) is 0. The van der Waals surface area contributed by atoms with E-state index in [-0.39, 0.29) is 0 Å². The largest absolute Gasteiger partial charge is 0.0928 e. The summed E-state index contributed by atoms with van der Waals surface area (Å²) in [6.07, 6.45) is 0.986. The number of halogens is 1. The molecule has 0 rings (SSSR count). The molecule has 4 heavy (non-hydrogen) atoms. The predicted octanol–water partition coefficient (Wildman–Crippen LogP) is 1.61. The minimum absolute atomic E-state index is 0.986. The van der Waals surface area contributed by atoms with Crippen molar-refractivity contribution >= 4 is 15.9 Å². The van der Waals surface area contributed by atoms with E-state index in [1.54, 1.807) is 0 Å². The maximum Gasteiger partial charge on any atom is 0.00313 e. The molecule has 0 atom stereocenters. The van der Waals surface area contributed by atoms with Gasteiger partial charge in [0.15, 0.2) is 0 Å². The first-order valence-electron chi connectivity index (χ1n) is 1.27. The Labute approximate surface area is 35.3 Å². The fourth-order valence-electron chi connectivity index (χ4n) is 0. The fraction of sp³-hybridized carbons (Fsp3) is 0.667. The minimum Gasteiger partial charge on any atom is -0.0928 e. The Morgan fingerprint density at radius 1 is 1.75 bits per heavy atom. The molecule has 0 aliphatic rings. The zero-order valence-corrected chi connectivity index (χ0v) is 4.09. The molecule has 0 saturated carbocycles. The van der Waals surface area contributed by atoms with Gasteiger partial charge in [-0.1, -0.05) is 22.9 Å². The third kappa shape index (κ3) is 2.48. The van der Waals surface area contributed by atoms with Crippen LogP contribution in [0.4, 0.5) is 0 Å². The standard InChI is InChI=1S/C3H6Br/c1-2-3-4/h1-3H2. The first-order valence-corrected chi connectivity index (χ1v) is 2.39. The Hall–Kier alpha value is 0.480. The lowest BCUT2D eigenvalue weighted by Gasteiger charge is -1.65. The van der Waals surface area contributed by atoms with E-state index >= 15 is 0 Å². The van der Waals surface area contributed by atoms with Gasteiger partial charge in [0.25, 0.3) is 0 Å². The Balaban J connectivity index is 1.97. The van der Waals surface area contributed by atoms with Crippen molar-refractivity contribution in [3.63, 3.8) is 0 Å². The highest BCUT2D eigenvalue weighted by Crippen LogP contribution is 1.79. The first kappa shape index (κ1) is 4.48. The molecule has 0 aromatic rings. The van der Waals surface area contributed by atoms with Crippen molar-refractivity contribution in [3.8, 4) is 0 Å². The predicted molar refractivity (Wildman–Crippen MR) is 23.8 cm³/mol. The van der Waals surface area contributed by atoms with Crippen LogP contribution in [0.1, 0.15) is 6.42 Å². The molecule has 0 saturated heterocycles. The lowest BCUT2D eigenvalue weighted by Crippen LogP contribution is -1.55. The smallest absolute Gasteiger partial charge is 0.00313 e. The van der Waals surface area contributed by atoms with Crippen molar-refractivity contribution in [1.29, 1.82) is 0 Å². The molecule has 0 spiro atoms. The Bertz CT molecular complexity index is 5.25. The van der Waals surface area contributed by atoms with Gasteiger partial charge in [0, 0.05) is 5.33 Å². The van der Waals surface area contributed by atoms with E-state index in [9.17, 15) is 0 Å². The molecule has 25 valence electrons. The zero-order chi connectivity index (χ0) is 3.41. The Kier molecular flexibility index (Phi) is 3.90. The van der Waals surface area contributed by atoms with Crippen LogP contribution in [0.25, 0.3) is 0 Å². The van der Waals surface area contributed by atoms with Crippen molar-refractivity contribution < 1.29 is 0 Å². The van der Waals surface area contributed by atoms with Crippen LogP contribution in [0.15, 0.2) is 0 Å². The normalized spacial score (nSPS) is 7.50. The van der Waals surface area contributed by atoms with Gasteiger partial charge < -0.3 is 0 Å². The quantitative estimate of drug-likeness (QED) is 0.463. The molecule has 0 nitrogen and oxygen atoms in total. The summed E-state index contributed by atoms with van der Waals surface area (Å²) in [6.45, 7) is 3.56.